The van der Waals surface area contributed by atoms with E-state index in [2.05, 4.69) is 37.9 Å². The van der Waals surface area contributed by atoms with Gasteiger partial charge in [-0.1, -0.05) is 30.3 Å². The molecule has 1 aliphatic heterocycles. The number of hydrogen-bond donors (Lipinski definition) is 1. The summed E-state index contributed by atoms with van der Waals surface area (Å²) in [7, 11) is 0. The van der Waals surface area contributed by atoms with Gasteiger partial charge in [0, 0.05) is 27.1 Å². The van der Waals surface area contributed by atoms with Crippen LogP contribution in [-0.4, -0.2) is 27.8 Å². The van der Waals surface area contributed by atoms with Gasteiger partial charge in [-0.25, -0.2) is 19.7 Å². The second-order valence-electron chi connectivity index (χ2n) is 6.14. The van der Waals surface area contributed by atoms with E-state index in [0.717, 1.165) is 14.0 Å². The van der Waals surface area contributed by atoms with Crippen LogP contribution in [-0.2, 0) is 9.59 Å². The molecule has 0 saturated carbocycles. The van der Waals surface area contributed by atoms with Gasteiger partial charge in [-0.05, 0) is 52.9 Å². The fourth-order valence-corrected chi connectivity index (χ4v) is 3.16. The van der Waals surface area contributed by atoms with Crippen molar-refractivity contribution in [3.63, 3.8) is 0 Å². The second-order valence-corrected chi connectivity index (χ2v) is 7.39. The number of carbonyl (C=O) groups is 3. The summed E-state index contributed by atoms with van der Waals surface area (Å²) in [6.07, 6.45) is 4.42. The molecule has 4 amide bonds. The zero-order valence-corrected chi connectivity index (χ0v) is 17.0. The highest BCUT2D eigenvalue weighted by Crippen LogP contribution is 2.23. The number of amides is 4. The van der Waals surface area contributed by atoms with Crippen molar-refractivity contribution in [3.05, 3.63) is 81.7 Å². The lowest BCUT2D eigenvalue weighted by Crippen LogP contribution is -2.54. The third-order valence-electron chi connectivity index (χ3n) is 4.20. The maximum Gasteiger partial charge on any atom is 0.335 e. The van der Waals surface area contributed by atoms with Gasteiger partial charge < -0.3 is 0 Å². The number of anilines is 1. The smallest absolute Gasteiger partial charge is 0.273 e. The highest BCUT2D eigenvalue weighted by Gasteiger charge is 2.36. The number of nitrogens with one attached hydrogen (secondary N) is 1. The summed E-state index contributed by atoms with van der Waals surface area (Å²) in [6, 6.07) is 15.5. The molecule has 8 heteroatoms. The molecule has 1 aliphatic rings. The summed E-state index contributed by atoms with van der Waals surface area (Å²) in [4.78, 5) is 46.8. The third-order valence-corrected chi connectivity index (χ3v) is 4.92. The van der Waals surface area contributed by atoms with Crippen LogP contribution in [0.4, 0.5) is 10.5 Å². The van der Waals surface area contributed by atoms with Crippen LogP contribution in [0.5, 0.6) is 0 Å². The van der Waals surface area contributed by atoms with Crippen molar-refractivity contribution in [1.82, 2.24) is 15.3 Å². The van der Waals surface area contributed by atoms with Crippen LogP contribution >= 0.6 is 22.6 Å². The summed E-state index contributed by atoms with van der Waals surface area (Å²) in [5.74, 6) is -0.927. The zero-order valence-electron chi connectivity index (χ0n) is 14.9. The van der Waals surface area contributed by atoms with Crippen LogP contribution in [0.3, 0.4) is 0 Å². The third kappa shape index (κ3) is 3.92. The minimum absolute atomic E-state index is 0.167. The number of halogens is 1. The Morgan fingerprint density at radius 3 is 2.21 bits per heavy atom. The van der Waals surface area contributed by atoms with E-state index in [4.69, 9.17) is 0 Å². The molecule has 0 bridgehead atoms. The van der Waals surface area contributed by atoms with Crippen LogP contribution in [0.2, 0.25) is 0 Å². The molecule has 1 N–H and O–H groups in total. The number of benzene rings is 2. The molecule has 1 saturated heterocycles. The quantitative estimate of drug-likeness (QED) is 0.341. The molecule has 1 fully saturated rings. The van der Waals surface area contributed by atoms with Gasteiger partial charge in [-0.15, -0.1) is 0 Å². The number of barbiturate groups is 1. The van der Waals surface area contributed by atoms with Crippen LogP contribution < -0.4 is 10.2 Å². The van der Waals surface area contributed by atoms with Crippen molar-refractivity contribution in [2.45, 2.75) is 0 Å². The Hall–Kier alpha value is -3.40. The standard InChI is InChI=1S/C21H13IN4O3/c22-15-6-8-16(9-7-15)26-20(28)17(19(27)25-21(26)29)10-13-11-23-18(24-12-13)14-4-2-1-3-5-14/h1-12H,(H,25,27,29)/b17-10+. The molecule has 0 radical (unpaired) electrons. The molecule has 2 aromatic carbocycles. The van der Waals surface area contributed by atoms with Crippen molar-refractivity contribution in [3.8, 4) is 11.4 Å². The van der Waals surface area contributed by atoms with E-state index in [1.54, 1.807) is 24.3 Å². The molecule has 4 rings (SSSR count). The van der Waals surface area contributed by atoms with Gasteiger partial charge in [-0.3, -0.25) is 14.9 Å². The number of carbonyl (C=O) groups excluding carboxylic acids is 3. The van der Waals surface area contributed by atoms with Gasteiger partial charge in [0.2, 0.25) is 0 Å². The zero-order chi connectivity index (χ0) is 20.4. The number of hydrogen-bond acceptors (Lipinski definition) is 5. The largest absolute Gasteiger partial charge is 0.335 e. The van der Waals surface area contributed by atoms with E-state index in [0.29, 0.717) is 17.1 Å². The SMILES string of the molecule is O=C1NC(=O)N(c2ccc(I)cc2)C(=O)/C1=C/c1cnc(-c2ccccc2)nc1. The van der Waals surface area contributed by atoms with Crippen molar-refractivity contribution < 1.29 is 14.4 Å². The van der Waals surface area contributed by atoms with Gasteiger partial charge >= 0.3 is 6.03 Å². The lowest BCUT2D eigenvalue weighted by Gasteiger charge is -2.26. The number of imide groups is 2. The average Bonchev–Trinajstić information content (AvgIpc) is 2.73. The van der Waals surface area contributed by atoms with Crippen LogP contribution in [0.1, 0.15) is 5.56 Å². The molecule has 0 aliphatic carbocycles. The Kier molecular flexibility index (Phi) is 5.17. The molecule has 142 valence electrons. The van der Waals surface area contributed by atoms with Crippen molar-refractivity contribution in [1.29, 1.82) is 0 Å². The van der Waals surface area contributed by atoms with Gasteiger partial charge in [0.05, 0.1) is 5.69 Å². The Bertz CT molecular complexity index is 1130. The molecule has 0 atom stereocenters. The molecule has 0 spiro atoms. The predicted molar refractivity (Wildman–Crippen MR) is 116 cm³/mol. The van der Waals surface area contributed by atoms with Gasteiger partial charge in [-0.2, -0.15) is 0 Å². The van der Waals surface area contributed by atoms with Gasteiger partial charge in [0.15, 0.2) is 5.82 Å². The monoisotopic (exact) mass is 496 g/mol. The maximum absolute atomic E-state index is 12.9. The van der Waals surface area contributed by atoms with Crippen LogP contribution in [0, 0.1) is 3.57 Å². The lowest BCUT2D eigenvalue weighted by atomic mass is 10.1. The molecule has 29 heavy (non-hydrogen) atoms. The molecule has 1 aromatic heterocycles. The fraction of sp³-hybridized carbons (Fsp3) is 0. The highest BCUT2D eigenvalue weighted by molar-refractivity contribution is 14.1. The van der Waals surface area contributed by atoms with Gasteiger partial charge in [0.25, 0.3) is 11.8 Å². The highest BCUT2D eigenvalue weighted by atomic mass is 127. The molecular weight excluding hydrogens is 483 g/mol. The van der Waals surface area contributed by atoms with Gasteiger partial charge in [0.1, 0.15) is 5.57 Å². The molecule has 7 nitrogen and oxygen atoms in total. The number of rotatable bonds is 3. The summed E-state index contributed by atoms with van der Waals surface area (Å²) in [6.45, 7) is 0. The molecular formula is C21H13IN4O3. The summed E-state index contributed by atoms with van der Waals surface area (Å²) >= 11 is 2.12. The van der Waals surface area contributed by atoms with E-state index in [1.165, 1.54) is 18.5 Å². The predicted octanol–water partition coefficient (Wildman–Crippen LogP) is 3.41. The summed E-state index contributed by atoms with van der Waals surface area (Å²) in [5, 5.41) is 2.20. The summed E-state index contributed by atoms with van der Waals surface area (Å²) in [5.41, 5.74) is 1.54. The van der Waals surface area contributed by atoms with E-state index < -0.39 is 17.8 Å². The van der Waals surface area contributed by atoms with Crippen LogP contribution in [0.15, 0.2) is 72.6 Å². The molecule has 2 heterocycles. The lowest BCUT2D eigenvalue weighted by molar-refractivity contribution is -0.122. The topological polar surface area (TPSA) is 92.3 Å². The van der Waals surface area contributed by atoms with Crippen molar-refractivity contribution >= 4 is 52.2 Å². The number of nitrogens with zero attached hydrogens (tertiary/aromatic N) is 3. The minimum Gasteiger partial charge on any atom is -0.273 e. The number of aromatic nitrogens is 2. The fourth-order valence-electron chi connectivity index (χ4n) is 2.80. The first-order chi connectivity index (χ1) is 14.0. The van der Waals surface area contributed by atoms with E-state index >= 15 is 0 Å². The Morgan fingerprint density at radius 2 is 1.55 bits per heavy atom. The van der Waals surface area contributed by atoms with E-state index in [1.807, 2.05) is 30.3 Å². The average molecular weight is 496 g/mol. The Balaban J connectivity index is 1.65. The van der Waals surface area contributed by atoms with Crippen molar-refractivity contribution in [2.75, 3.05) is 4.90 Å². The maximum atomic E-state index is 12.9. The van der Waals surface area contributed by atoms with E-state index in [9.17, 15) is 14.4 Å². The normalized spacial score (nSPS) is 15.6. The minimum atomic E-state index is -0.783. The summed E-state index contributed by atoms with van der Waals surface area (Å²) < 4.78 is 0.957. The first-order valence-corrected chi connectivity index (χ1v) is 9.65. The Morgan fingerprint density at radius 1 is 0.897 bits per heavy atom. The molecule has 3 aromatic rings. The number of urea groups is 1. The molecule has 0 unspecified atom stereocenters. The van der Waals surface area contributed by atoms with Crippen molar-refractivity contribution in [2.24, 2.45) is 0 Å². The Labute approximate surface area is 179 Å². The van der Waals surface area contributed by atoms with Crippen LogP contribution in [0.25, 0.3) is 17.5 Å². The second kappa shape index (κ2) is 7.92. The van der Waals surface area contributed by atoms with E-state index in [-0.39, 0.29) is 5.57 Å². The first-order valence-electron chi connectivity index (χ1n) is 8.57. The first kappa shape index (κ1) is 18.9.